The molecule has 3 aromatic rings. The van der Waals surface area contributed by atoms with Crippen LogP contribution in [0, 0.1) is 6.92 Å². The van der Waals surface area contributed by atoms with Gasteiger partial charge in [-0.25, -0.2) is 15.0 Å². The van der Waals surface area contributed by atoms with Crippen molar-refractivity contribution in [2.45, 2.75) is 59.4 Å². The topological polar surface area (TPSA) is 65.3 Å². The fraction of sp³-hybridized carbons (Fsp3) is 0.577. The van der Waals surface area contributed by atoms with Crippen molar-refractivity contribution in [3.05, 3.63) is 35.3 Å². The van der Waals surface area contributed by atoms with E-state index in [2.05, 4.69) is 62.4 Å². The van der Waals surface area contributed by atoms with Crippen LogP contribution in [-0.2, 0) is 11.2 Å². The lowest BCUT2D eigenvalue weighted by Crippen LogP contribution is -2.39. The number of pyridine rings is 1. The maximum atomic E-state index is 5.68. The van der Waals surface area contributed by atoms with Gasteiger partial charge in [-0.2, -0.15) is 0 Å². The predicted octanol–water partition coefficient (Wildman–Crippen LogP) is 4.78. The number of hydrogen-bond acceptors (Lipinski definition) is 6. The first-order valence-corrected chi connectivity index (χ1v) is 12.2. The number of hydrogen-bond donors (Lipinski definition) is 0. The van der Waals surface area contributed by atoms with Gasteiger partial charge < -0.3 is 14.0 Å². The van der Waals surface area contributed by atoms with Gasteiger partial charge in [0.2, 0.25) is 5.88 Å². The number of fused-ring (bicyclic) bond motifs is 1. The van der Waals surface area contributed by atoms with Crippen LogP contribution in [0.25, 0.3) is 22.4 Å². The van der Waals surface area contributed by atoms with Crippen LogP contribution in [0.5, 0.6) is 5.88 Å². The van der Waals surface area contributed by atoms with E-state index in [0.717, 1.165) is 85.1 Å². The van der Waals surface area contributed by atoms with Crippen molar-refractivity contribution in [1.82, 2.24) is 24.4 Å². The number of ether oxygens (including phenoxy) is 2. The fourth-order valence-corrected chi connectivity index (χ4v) is 4.58. The average Bonchev–Trinajstić information content (AvgIpc) is 3.17. The van der Waals surface area contributed by atoms with Crippen molar-refractivity contribution >= 4 is 11.2 Å². The van der Waals surface area contributed by atoms with E-state index in [0.29, 0.717) is 17.8 Å². The molecule has 3 aromatic heterocycles. The first-order valence-electron chi connectivity index (χ1n) is 12.2. The van der Waals surface area contributed by atoms with E-state index in [4.69, 9.17) is 24.4 Å². The second kappa shape index (κ2) is 10.2. The maximum absolute atomic E-state index is 5.68. The largest absolute Gasteiger partial charge is 0.480 e. The first-order chi connectivity index (χ1) is 16.0. The van der Waals surface area contributed by atoms with Gasteiger partial charge in [-0.15, -0.1) is 0 Å². The van der Waals surface area contributed by atoms with E-state index in [9.17, 15) is 0 Å². The second-order valence-corrected chi connectivity index (χ2v) is 9.19. The molecule has 1 aliphatic rings. The molecule has 4 heterocycles. The highest BCUT2D eigenvalue weighted by atomic mass is 16.5. The van der Waals surface area contributed by atoms with Crippen molar-refractivity contribution in [3.63, 3.8) is 0 Å². The number of morpholine rings is 1. The van der Waals surface area contributed by atoms with Gasteiger partial charge >= 0.3 is 0 Å². The Labute approximate surface area is 197 Å². The molecule has 0 spiro atoms. The van der Waals surface area contributed by atoms with Gasteiger partial charge in [0.05, 0.1) is 37.3 Å². The molecule has 33 heavy (non-hydrogen) atoms. The lowest BCUT2D eigenvalue weighted by atomic mass is 10.1. The third-order valence-electron chi connectivity index (χ3n) is 6.59. The lowest BCUT2D eigenvalue weighted by molar-refractivity contribution is 0.0314. The SMILES string of the molecule is CCc1nc2c(nc1-c1ccc(C(C)C)nc1OC)c(C)cn2C(CC)CN1CCOCC1. The minimum atomic E-state index is 0.334. The van der Waals surface area contributed by atoms with Crippen molar-refractivity contribution in [3.8, 4) is 17.1 Å². The third kappa shape index (κ3) is 4.75. The summed E-state index contributed by atoms with van der Waals surface area (Å²) in [7, 11) is 1.67. The first kappa shape index (κ1) is 23.6. The second-order valence-electron chi connectivity index (χ2n) is 9.19. The van der Waals surface area contributed by atoms with E-state index >= 15 is 0 Å². The zero-order valence-electron chi connectivity index (χ0n) is 20.9. The number of aryl methyl sites for hydroxylation is 2. The zero-order valence-corrected chi connectivity index (χ0v) is 20.9. The molecule has 7 nitrogen and oxygen atoms in total. The Morgan fingerprint density at radius 3 is 2.48 bits per heavy atom. The Balaban J connectivity index is 1.78. The molecular formula is C26H37N5O2. The van der Waals surface area contributed by atoms with Crippen LogP contribution < -0.4 is 4.74 Å². The summed E-state index contributed by atoms with van der Waals surface area (Å²) < 4.78 is 13.6. The standard InChI is InChI=1S/C26H37N5O2/c1-7-19(16-30-11-13-33-14-12-30)31-15-18(5)23-25(31)27-21(8-2)24(29-23)20-9-10-22(17(3)4)28-26(20)32-6/h9-10,15,17,19H,7-8,11-14,16H2,1-6H3. The highest BCUT2D eigenvalue weighted by Crippen LogP contribution is 2.34. The van der Waals surface area contributed by atoms with Gasteiger partial charge in [-0.1, -0.05) is 27.7 Å². The van der Waals surface area contributed by atoms with Crippen molar-refractivity contribution in [2.75, 3.05) is 40.0 Å². The van der Waals surface area contributed by atoms with E-state index in [-0.39, 0.29) is 0 Å². The molecule has 1 atom stereocenters. The smallest absolute Gasteiger partial charge is 0.222 e. The summed E-state index contributed by atoms with van der Waals surface area (Å²) >= 11 is 0. The molecular weight excluding hydrogens is 414 g/mol. The molecule has 178 valence electrons. The molecule has 4 rings (SSSR count). The molecule has 0 aromatic carbocycles. The molecule has 1 saturated heterocycles. The molecule has 0 aliphatic carbocycles. The van der Waals surface area contributed by atoms with Gasteiger partial charge in [-0.05, 0) is 43.4 Å². The quantitative estimate of drug-likeness (QED) is 0.491. The Bertz CT molecular complexity index is 1100. The Morgan fingerprint density at radius 1 is 1.09 bits per heavy atom. The molecule has 0 saturated carbocycles. The summed E-state index contributed by atoms with van der Waals surface area (Å²) in [4.78, 5) is 17.5. The van der Waals surface area contributed by atoms with E-state index in [1.807, 2.05) is 0 Å². The molecule has 0 amide bonds. The monoisotopic (exact) mass is 451 g/mol. The predicted molar refractivity (Wildman–Crippen MR) is 132 cm³/mol. The van der Waals surface area contributed by atoms with Gasteiger partial charge in [0.25, 0.3) is 0 Å². The Morgan fingerprint density at radius 2 is 1.85 bits per heavy atom. The summed E-state index contributed by atoms with van der Waals surface area (Å²) in [5.41, 5.74) is 6.83. The van der Waals surface area contributed by atoms with Crippen LogP contribution >= 0.6 is 0 Å². The van der Waals surface area contributed by atoms with Crippen LogP contribution in [0.15, 0.2) is 18.3 Å². The Hall–Kier alpha value is -2.51. The average molecular weight is 452 g/mol. The van der Waals surface area contributed by atoms with E-state index < -0.39 is 0 Å². The molecule has 7 heteroatoms. The van der Waals surface area contributed by atoms with Crippen molar-refractivity contribution in [2.24, 2.45) is 0 Å². The fourth-order valence-electron chi connectivity index (χ4n) is 4.58. The molecule has 1 aliphatic heterocycles. The molecule has 0 bridgehead atoms. The van der Waals surface area contributed by atoms with Crippen molar-refractivity contribution < 1.29 is 9.47 Å². The molecule has 1 fully saturated rings. The number of methoxy groups -OCH3 is 1. The molecule has 0 radical (unpaired) electrons. The summed E-state index contributed by atoms with van der Waals surface area (Å²) in [5.74, 6) is 0.946. The third-order valence-corrected chi connectivity index (χ3v) is 6.59. The highest BCUT2D eigenvalue weighted by molar-refractivity contribution is 5.81. The minimum absolute atomic E-state index is 0.334. The van der Waals surface area contributed by atoms with Gasteiger partial charge in [0, 0.05) is 37.6 Å². The molecule has 0 N–H and O–H groups in total. The maximum Gasteiger partial charge on any atom is 0.222 e. The highest BCUT2D eigenvalue weighted by Gasteiger charge is 2.23. The van der Waals surface area contributed by atoms with Gasteiger partial charge in [0.1, 0.15) is 5.52 Å². The van der Waals surface area contributed by atoms with Gasteiger partial charge in [-0.3, -0.25) is 4.90 Å². The van der Waals surface area contributed by atoms with Crippen LogP contribution in [0.3, 0.4) is 0 Å². The van der Waals surface area contributed by atoms with Crippen LogP contribution in [0.4, 0.5) is 0 Å². The minimum Gasteiger partial charge on any atom is -0.480 e. The summed E-state index contributed by atoms with van der Waals surface area (Å²) in [5, 5.41) is 0. The van der Waals surface area contributed by atoms with Crippen LogP contribution in [-0.4, -0.2) is 64.4 Å². The number of aromatic nitrogens is 4. The lowest BCUT2D eigenvalue weighted by Gasteiger charge is -2.31. The number of rotatable bonds is 8. The van der Waals surface area contributed by atoms with Crippen LogP contribution in [0.2, 0.25) is 0 Å². The molecule has 1 unspecified atom stereocenters. The van der Waals surface area contributed by atoms with E-state index in [1.165, 1.54) is 0 Å². The summed E-state index contributed by atoms with van der Waals surface area (Å²) in [6, 6.07) is 4.50. The summed E-state index contributed by atoms with van der Waals surface area (Å²) in [6.45, 7) is 15.4. The van der Waals surface area contributed by atoms with Crippen molar-refractivity contribution in [1.29, 1.82) is 0 Å². The normalized spacial score (nSPS) is 16.0. The number of nitrogens with zero attached hydrogens (tertiary/aromatic N) is 5. The Kier molecular flexibility index (Phi) is 7.29. The zero-order chi connectivity index (χ0) is 23.5. The van der Waals surface area contributed by atoms with Gasteiger partial charge in [0.15, 0.2) is 5.65 Å². The van der Waals surface area contributed by atoms with Crippen LogP contribution in [0.1, 0.15) is 63.0 Å². The van der Waals surface area contributed by atoms with E-state index in [1.54, 1.807) is 7.11 Å². The summed E-state index contributed by atoms with van der Waals surface area (Å²) in [6.07, 6.45) is 4.05.